The molecule has 1 N–H and O–H groups in total. The minimum atomic E-state index is 0.218. The predicted octanol–water partition coefficient (Wildman–Crippen LogP) is 1.87. The molecule has 3 nitrogen and oxygen atoms in total. The highest BCUT2D eigenvalue weighted by Crippen LogP contribution is 2.18. The van der Waals surface area contributed by atoms with Gasteiger partial charge in [-0.15, -0.1) is 0 Å². The number of hydrogen-bond acceptors (Lipinski definition) is 3. The van der Waals surface area contributed by atoms with Crippen LogP contribution in [0, 0.1) is 0 Å². The van der Waals surface area contributed by atoms with E-state index < -0.39 is 0 Å². The predicted molar refractivity (Wildman–Crippen MR) is 53.9 cm³/mol. The molecule has 1 rings (SSSR count). The zero-order chi connectivity index (χ0) is 9.68. The molecule has 0 bridgehead atoms. The second-order valence-electron chi connectivity index (χ2n) is 3.34. The smallest absolute Gasteiger partial charge is 0.143 e. The fraction of sp³-hybridized carbons (Fsp3) is 0.800. The van der Waals surface area contributed by atoms with Crippen LogP contribution in [-0.4, -0.2) is 24.9 Å². The van der Waals surface area contributed by atoms with Crippen LogP contribution < -0.4 is 5.43 Å². The Morgan fingerprint density at radius 2 is 2.31 bits per heavy atom. The van der Waals surface area contributed by atoms with Gasteiger partial charge in [0.05, 0.1) is 0 Å². The zero-order valence-corrected chi connectivity index (χ0v) is 8.84. The van der Waals surface area contributed by atoms with Gasteiger partial charge in [0.15, 0.2) is 0 Å². The van der Waals surface area contributed by atoms with Crippen molar-refractivity contribution in [3.05, 3.63) is 11.8 Å². The molecule has 0 aromatic rings. The van der Waals surface area contributed by atoms with Gasteiger partial charge in [0, 0.05) is 19.4 Å². The molecule has 1 aliphatic rings. The first-order valence-electron chi connectivity index (χ1n) is 5.00. The summed E-state index contributed by atoms with van der Waals surface area (Å²) >= 11 is 0. The highest BCUT2D eigenvalue weighted by Gasteiger charge is 2.20. The average molecular weight is 184 g/mol. The maximum Gasteiger partial charge on any atom is 0.143 e. The Morgan fingerprint density at radius 1 is 1.54 bits per heavy atom. The summed E-state index contributed by atoms with van der Waals surface area (Å²) in [5.74, 6) is 0. The lowest BCUT2D eigenvalue weighted by molar-refractivity contribution is -0.0878. The lowest BCUT2D eigenvalue weighted by Gasteiger charge is -2.35. The van der Waals surface area contributed by atoms with Crippen molar-refractivity contribution in [2.45, 2.75) is 39.3 Å². The SMILES string of the molecule is C/C=C(\C)N(NC)C1CCCCO1. The Kier molecular flexibility index (Phi) is 4.25. The number of rotatable bonds is 3. The first-order chi connectivity index (χ1) is 6.29. The van der Waals surface area contributed by atoms with Gasteiger partial charge >= 0.3 is 0 Å². The monoisotopic (exact) mass is 184 g/mol. The molecule has 76 valence electrons. The normalized spacial score (nSPS) is 24.5. The number of nitrogens with zero attached hydrogens (tertiary/aromatic N) is 1. The van der Waals surface area contributed by atoms with Crippen LogP contribution in [0.15, 0.2) is 11.8 Å². The van der Waals surface area contributed by atoms with E-state index in [0.717, 1.165) is 13.0 Å². The van der Waals surface area contributed by atoms with Gasteiger partial charge < -0.3 is 4.74 Å². The molecule has 1 atom stereocenters. The molecule has 13 heavy (non-hydrogen) atoms. The number of allylic oxidation sites excluding steroid dienone is 2. The van der Waals surface area contributed by atoms with E-state index in [4.69, 9.17) is 4.74 Å². The maximum atomic E-state index is 5.68. The highest BCUT2D eigenvalue weighted by atomic mass is 16.5. The Labute approximate surface area is 80.7 Å². The van der Waals surface area contributed by atoms with Crippen LogP contribution in [0.3, 0.4) is 0 Å². The van der Waals surface area contributed by atoms with Crippen molar-refractivity contribution >= 4 is 0 Å². The van der Waals surface area contributed by atoms with Crippen molar-refractivity contribution in [2.24, 2.45) is 0 Å². The molecule has 0 radical (unpaired) electrons. The number of hydrazine groups is 1. The molecule has 0 aromatic carbocycles. The first kappa shape index (κ1) is 10.5. The second kappa shape index (κ2) is 5.25. The van der Waals surface area contributed by atoms with E-state index in [2.05, 4.69) is 23.4 Å². The molecule has 1 heterocycles. The molecule has 1 fully saturated rings. The molecule has 3 heteroatoms. The van der Waals surface area contributed by atoms with E-state index in [-0.39, 0.29) is 6.23 Å². The summed E-state index contributed by atoms with van der Waals surface area (Å²) in [6.07, 6.45) is 5.89. The molecular weight excluding hydrogens is 164 g/mol. The third-order valence-electron chi connectivity index (χ3n) is 2.48. The number of nitrogens with one attached hydrogen (secondary N) is 1. The van der Waals surface area contributed by atoms with E-state index >= 15 is 0 Å². The molecule has 0 spiro atoms. The number of hydrogen-bond donors (Lipinski definition) is 1. The molecule has 0 saturated carbocycles. The topological polar surface area (TPSA) is 24.5 Å². The van der Waals surface area contributed by atoms with Crippen LogP contribution in [-0.2, 0) is 4.74 Å². The Balaban J connectivity index is 2.53. The van der Waals surface area contributed by atoms with E-state index in [9.17, 15) is 0 Å². The standard InChI is InChI=1S/C10H20N2O/c1-4-9(2)12(11-3)10-7-5-6-8-13-10/h4,10-11H,5-8H2,1-3H3/b9-4+. The third-order valence-corrected chi connectivity index (χ3v) is 2.48. The molecular formula is C10H20N2O. The first-order valence-corrected chi connectivity index (χ1v) is 5.00. The van der Waals surface area contributed by atoms with Crippen LogP contribution >= 0.6 is 0 Å². The van der Waals surface area contributed by atoms with Crippen molar-refractivity contribution in [1.82, 2.24) is 10.4 Å². The van der Waals surface area contributed by atoms with Crippen LogP contribution in [0.5, 0.6) is 0 Å². The molecule has 0 amide bonds. The van der Waals surface area contributed by atoms with Gasteiger partial charge in [-0.3, -0.25) is 5.01 Å². The summed E-state index contributed by atoms with van der Waals surface area (Å²) in [6, 6.07) is 0. The summed E-state index contributed by atoms with van der Waals surface area (Å²) in [6.45, 7) is 5.02. The van der Waals surface area contributed by atoms with Crippen LogP contribution in [0.4, 0.5) is 0 Å². The van der Waals surface area contributed by atoms with Crippen LogP contribution in [0.1, 0.15) is 33.1 Å². The molecule has 0 aromatic heterocycles. The second-order valence-corrected chi connectivity index (χ2v) is 3.34. The quantitative estimate of drug-likeness (QED) is 0.678. The lowest BCUT2D eigenvalue weighted by atomic mass is 10.2. The van der Waals surface area contributed by atoms with Gasteiger partial charge in [-0.2, -0.15) is 0 Å². The van der Waals surface area contributed by atoms with Gasteiger partial charge in [-0.05, 0) is 33.1 Å². The summed E-state index contributed by atoms with van der Waals surface area (Å²) in [4.78, 5) is 0. The Hall–Kier alpha value is -0.540. The third kappa shape index (κ3) is 2.71. The van der Waals surface area contributed by atoms with Crippen LogP contribution in [0.2, 0.25) is 0 Å². The van der Waals surface area contributed by atoms with Gasteiger partial charge in [-0.1, -0.05) is 6.08 Å². The highest BCUT2D eigenvalue weighted by molar-refractivity contribution is 4.94. The van der Waals surface area contributed by atoms with Gasteiger partial charge in [0.25, 0.3) is 0 Å². The van der Waals surface area contributed by atoms with Gasteiger partial charge in [0.1, 0.15) is 6.23 Å². The van der Waals surface area contributed by atoms with Crippen molar-refractivity contribution < 1.29 is 4.74 Å². The maximum absolute atomic E-state index is 5.68. The zero-order valence-electron chi connectivity index (χ0n) is 8.84. The summed E-state index contributed by atoms with van der Waals surface area (Å²) in [7, 11) is 1.94. The largest absolute Gasteiger partial charge is 0.357 e. The Bertz CT molecular complexity index is 174. The van der Waals surface area contributed by atoms with E-state index in [0.29, 0.717) is 0 Å². The minimum absolute atomic E-state index is 0.218. The molecule has 0 aliphatic carbocycles. The molecule has 1 saturated heterocycles. The average Bonchev–Trinajstić information content (AvgIpc) is 2.20. The summed E-state index contributed by atoms with van der Waals surface area (Å²) in [5, 5.41) is 2.10. The molecule has 1 unspecified atom stereocenters. The van der Waals surface area contributed by atoms with Crippen molar-refractivity contribution in [3.8, 4) is 0 Å². The van der Waals surface area contributed by atoms with Crippen molar-refractivity contribution in [2.75, 3.05) is 13.7 Å². The Morgan fingerprint density at radius 3 is 2.77 bits per heavy atom. The van der Waals surface area contributed by atoms with E-state index in [1.165, 1.54) is 18.5 Å². The summed E-state index contributed by atoms with van der Waals surface area (Å²) in [5.41, 5.74) is 4.38. The van der Waals surface area contributed by atoms with E-state index in [1.54, 1.807) is 0 Å². The van der Waals surface area contributed by atoms with Gasteiger partial charge in [-0.25, -0.2) is 5.43 Å². The fourth-order valence-electron chi connectivity index (χ4n) is 1.61. The fourth-order valence-corrected chi connectivity index (χ4v) is 1.61. The molecule has 1 aliphatic heterocycles. The number of ether oxygens (including phenoxy) is 1. The van der Waals surface area contributed by atoms with Crippen molar-refractivity contribution in [1.29, 1.82) is 0 Å². The van der Waals surface area contributed by atoms with Gasteiger partial charge in [0.2, 0.25) is 0 Å². The van der Waals surface area contributed by atoms with Crippen molar-refractivity contribution in [3.63, 3.8) is 0 Å². The van der Waals surface area contributed by atoms with Crippen LogP contribution in [0.25, 0.3) is 0 Å². The lowest BCUT2D eigenvalue weighted by Crippen LogP contribution is -2.45. The summed E-state index contributed by atoms with van der Waals surface area (Å²) < 4.78 is 5.68. The minimum Gasteiger partial charge on any atom is -0.357 e. The van der Waals surface area contributed by atoms with E-state index in [1.807, 2.05) is 14.0 Å².